The van der Waals surface area contributed by atoms with Crippen molar-refractivity contribution in [1.82, 2.24) is 5.32 Å². The summed E-state index contributed by atoms with van der Waals surface area (Å²) in [4.78, 5) is 11.4. The number of nitrogens with one attached hydrogen (secondary N) is 1. The van der Waals surface area contributed by atoms with Crippen LogP contribution in [0.25, 0.3) is 0 Å². The van der Waals surface area contributed by atoms with Crippen molar-refractivity contribution >= 4 is 17.6 Å². The third-order valence-electron chi connectivity index (χ3n) is 3.72. The van der Waals surface area contributed by atoms with Gasteiger partial charge in [0.1, 0.15) is 11.3 Å². The van der Waals surface area contributed by atoms with Crippen LogP contribution >= 0.6 is 11.6 Å². The maximum atomic E-state index is 11.4. The van der Waals surface area contributed by atoms with Gasteiger partial charge in [-0.3, -0.25) is 10.1 Å². The average molecular weight is 298 g/mol. The van der Waals surface area contributed by atoms with Gasteiger partial charge >= 0.3 is 5.97 Å². The van der Waals surface area contributed by atoms with E-state index in [1.807, 2.05) is 19.1 Å². The smallest absolute Gasteiger partial charge is 0.323 e. The van der Waals surface area contributed by atoms with E-state index in [4.69, 9.17) is 16.3 Å². The second-order valence-corrected chi connectivity index (χ2v) is 5.83. The van der Waals surface area contributed by atoms with Crippen LogP contribution in [0.15, 0.2) is 12.1 Å². The molecule has 0 radical (unpaired) electrons. The number of benzene rings is 1. The first-order valence-electron chi connectivity index (χ1n) is 6.89. The predicted molar refractivity (Wildman–Crippen MR) is 78.4 cm³/mol. The molecule has 1 aromatic carbocycles. The minimum atomic E-state index is -0.928. The molecule has 0 amide bonds. The van der Waals surface area contributed by atoms with E-state index in [1.165, 1.54) is 0 Å². The summed E-state index contributed by atoms with van der Waals surface area (Å²) in [6.07, 6.45) is 2.24. The minimum Gasteiger partial charge on any atom is -0.493 e. The largest absolute Gasteiger partial charge is 0.493 e. The zero-order chi connectivity index (χ0) is 14.8. The molecule has 1 aliphatic rings. The molecule has 1 unspecified atom stereocenters. The molecule has 0 bridgehead atoms. The van der Waals surface area contributed by atoms with Crippen LogP contribution in [-0.4, -0.2) is 23.2 Å². The fourth-order valence-electron chi connectivity index (χ4n) is 2.54. The summed E-state index contributed by atoms with van der Waals surface area (Å²) >= 11 is 6.10. The minimum absolute atomic E-state index is 0.436. The van der Waals surface area contributed by atoms with Crippen molar-refractivity contribution in [3.05, 3.63) is 28.3 Å². The lowest BCUT2D eigenvalue weighted by Crippen LogP contribution is -2.48. The van der Waals surface area contributed by atoms with Crippen molar-refractivity contribution in [1.29, 1.82) is 0 Å². The Hall–Kier alpha value is -1.26. The van der Waals surface area contributed by atoms with Crippen molar-refractivity contribution in [2.45, 2.75) is 45.2 Å². The van der Waals surface area contributed by atoms with Gasteiger partial charge in [-0.15, -0.1) is 0 Å². The number of rotatable bonds is 6. The van der Waals surface area contributed by atoms with Crippen molar-refractivity contribution in [3.8, 4) is 5.75 Å². The number of hydrogen-bond acceptors (Lipinski definition) is 3. The number of carboxylic acids is 1. The van der Waals surface area contributed by atoms with Crippen LogP contribution < -0.4 is 10.1 Å². The van der Waals surface area contributed by atoms with Gasteiger partial charge in [-0.1, -0.05) is 24.9 Å². The van der Waals surface area contributed by atoms with Crippen LogP contribution in [-0.2, 0) is 17.8 Å². The first-order chi connectivity index (χ1) is 9.46. The molecule has 2 rings (SSSR count). The summed E-state index contributed by atoms with van der Waals surface area (Å²) in [5.74, 6) is 0.0186. The molecular weight excluding hydrogens is 278 g/mol. The van der Waals surface area contributed by atoms with Crippen LogP contribution in [0.1, 0.15) is 37.8 Å². The van der Waals surface area contributed by atoms with Gasteiger partial charge in [0, 0.05) is 23.6 Å². The molecule has 1 aromatic rings. The summed E-state index contributed by atoms with van der Waals surface area (Å²) in [6.45, 7) is 4.78. The number of ether oxygens (including phenoxy) is 1. The van der Waals surface area contributed by atoms with Gasteiger partial charge < -0.3 is 9.84 Å². The lowest BCUT2D eigenvalue weighted by atomic mass is 9.95. The highest BCUT2D eigenvalue weighted by molar-refractivity contribution is 6.30. The normalized spacial score (nSPS) is 16.4. The Morgan fingerprint density at radius 3 is 2.95 bits per heavy atom. The number of carbonyl (C=O) groups is 1. The Balaban J connectivity index is 2.16. The Kier molecular flexibility index (Phi) is 4.55. The van der Waals surface area contributed by atoms with Crippen LogP contribution in [0.3, 0.4) is 0 Å². The van der Waals surface area contributed by atoms with E-state index in [2.05, 4.69) is 5.32 Å². The van der Waals surface area contributed by atoms with Crippen LogP contribution in [0.5, 0.6) is 5.75 Å². The first kappa shape index (κ1) is 15.1. The highest BCUT2D eigenvalue weighted by Gasteiger charge is 2.32. The van der Waals surface area contributed by atoms with Crippen molar-refractivity contribution in [2.75, 3.05) is 6.61 Å². The van der Waals surface area contributed by atoms with Gasteiger partial charge in [-0.2, -0.15) is 0 Å². The summed E-state index contributed by atoms with van der Waals surface area (Å²) < 4.78 is 5.62. The van der Waals surface area contributed by atoms with E-state index in [1.54, 1.807) is 6.92 Å². The number of carboxylic acid groups (broad SMARTS) is 1. The second kappa shape index (κ2) is 6.02. The van der Waals surface area contributed by atoms with Gasteiger partial charge in [0.05, 0.1) is 6.61 Å². The summed E-state index contributed by atoms with van der Waals surface area (Å²) in [7, 11) is 0. The van der Waals surface area contributed by atoms with Gasteiger partial charge in [-0.25, -0.2) is 0 Å². The summed E-state index contributed by atoms with van der Waals surface area (Å²) in [6, 6.07) is 3.75. The van der Waals surface area contributed by atoms with E-state index < -0.39 is 11.5 Å². The molecule has 0 saturated carbocycles. The fraction of sp³-hybridized carbons (Fsp3) is 0.533. The monoisotopic (exact) mass is 297 g/mol. The van der Waals surface area contributed by atoms with Crippen molar-refractivity contribution in [2.24, 2.45) is 0 Å². The number of hydrogen-bond donors (Lipinski definition) is 2. The standard InChI is InChI=1S/C15H20ClNO3/c1-3-5-15(2,14(18)19)17-9-11-8-12(16)7-10-4-6-20-13(10)11/h7-8,17H,3-6,9H2,1-2H3,(H,18,19). The predicted octanol–water partition coefficient (Wildman–Crippen LogP) is 3.01. The van der Waals surface area contributed by atoms with Gasteiger partial charge in [0.15, 0.2) is 0 Å². The number of fused-ring (bicyclic) bond motifs is 1. The number of aliphatic carboxylic acids is 1. The molecule has 20 heavy (non-hydrogen) atoms. The quantitative estimate of drug-likeness (QED) is 0.847. The van der Waals surface area contributed by atoms with Crippen molar-refractivity contribution < 1.29 is 14.6 Å². The Bertz CT molecular complexity index is 518. The Morgan fingerprint density at radius 2 is 2.30 bits per heavy atom. The third-order valence-corrected chi connectivity index (χ3v) is 3.93. The van der Waals surface area contributed by atoms with Crippen LogP contribution in [0, 0.1) is 0 Å². The lowest BCUT2D eigenvalue weighted by molar-refractivity contribution is -0.144. The second-order valence-electron chi connectivity index (χ2n) is 5.39. The molecule has 0 aromatic heterocycles. The summed E-state index contributed by atoms with van der Waals surface area (Å²) in [5, 5.41) is 13.2. The topological polar surface area (TPSA) is 58.6 Å². The zero-order valence-electron chi connectivity index (χ0n) is 11.8. The molecule has 0 fully saturated rings. The van der Waals surface area contributed by atoms with Gasteiger partial charge in [0.2, 0.25) is 0 Å². The molecule has 0 saturated heterocycles. The maximum absolute atomic E-state index is 11.4. The molecule has 5 heteroatoms. The molecule has 4 nitrogen and oxygen atoms in total. The Morgan fingerprint density at radius 1 is 1.55 bits per heavy atom. The van der Waals surface area contributed by atoms with E-state index in [0.29, 0.717) is 24.6 Å². The van der Waals surface area contributed by atoms with Gasteiger partial charge in [-0.05, 0) is 31.0 Å². The van der Waals surface area contributed by atoms with Crippen LogP contribution in [0.2, 0.25) is 5.02 Å². The van der Waals surface area contributed by atoms with E-state index in [9.17, 15) is 9.90 Å². The maximum Gasteiger partial charge on any atom is 0.323 e. The van der Waals surface area contributed by atoms with Crippen molar-refractivity contribution in [3.63, 3.8) is 0 Å². The van der Waals surface area contributed by atoms with Gasteiger partial charge in [0.25, 0.3) is 0 Å². The molecule has 1 aliphatic heterocycles. The first-order valence-corrected chi connectivity index (χ1v) is 7.26. The molecule has 2 N–H and O–H groups in total. The average Bonchev–Trinajstić information content (AvgIpc) is 2.84. The molecule has 1 heterocycles. The molecular formula is C15H20ClNO3. The lowest BCUT2D eigenvalue weighted by Gasteiger charge is -2.26. The molecule has 110 valence electrons. The molecule has 0 aliphatic carbocycles. The zero-order valence-corrected chi connectivity index (χ0v) is 12.6. The molecule has 1 atom stereocenters. The van der Waals surface area contributed by atoms with E-state index in [0.717, 1.165) is 29.7 Å². The highest BCUT2D eigenvalue weighted by atomic mass is 35.5. The number of halogens is 1. The van der Waals surface area contributed by atoms with E-state index >= 15 is 0 Å². The SMILES string of the molecule is CCCC(C)(NCc1cc(Cl)cc2c1OCC2)C(=O)O. The van der Waals surface area contributed by atoms with E-state index in [-0.39, 0.29) is 0 Å². The van der Waals surface area contributed by atoms with Crippen LogP contribution in [0.4, 0.5) is 0 Å². The Labute approximate surface area is 124 Å². The highest BCUT2D eigenvalue weighted by Crippen LogP contribution is 2.33. The fourth-order valence-corrected chi connectivity index (χ4v) is 2.80. The summed E-state index contributed by atoms with van der Waals surface area (Å²) in [5.41, 5.74) is 1.10. The third kappa shape index (κ3) is 3.07. The molecule has 0 spiro atoms.